The van der Waals surface area contributed by atoms with Gasteiger partial charge in [0, 0.05) is 24.4 Å². The summed E-state index contributed by atoms with van der Waals surface area (Å²) < 4.78 is 1.66. The maximum absolute atomic E-state index is 12.8. The van der Waals surface area contributed by atoms with Gasteiger partial charge in [-0.1, -0.05) is 64.8 Å². The number of amides is 2. The largest absolute Gasteiger partial charge is 0.333 e. The lowest BCUT2D eigenvalue weighted by Gasteiger charge is -2.21. The second kappa shape index (κ2) is 10.6. The average molecular weight is 433 g/mol. The van der Waals surface area contributed by atoms with E-state index in [1.165, 1.54) is 0 Å². The number of carbonyl (C=O) groups is 2. The van der Waals surface area contributed by atoms with Crippen LogP contribution < -0.4 is 5.32 Å². The highest BCUT2D eigenvalue weighted by atomic mass is 35.5. The van der Waals surface area contributed by atoms with Gasteiger partial charge in [-0.3, -0.25) is 9.59 Å². The molecule has 0 aliphatic carbocycles. The van der Waals surface area contributed by atoms with Gasteiger partial charge >= 0.3 is 0 Å². The Balaban J connectivity index is 2.27. The number of aromatic nitrogens is 2. The molecule has 2 aromatic rings. The number of anilines is 1. The van der Waals surface area contributed by atoms with Crippen molar-refractivity contribution >= 4 is 29.2 Å². The number of nitrogens with zero attached hydrogens (tertiary/aromatic N) is 3. The molecule has 7 heteroatoms. The normalized spacial score (nSPS) is 11.4. The Hall–Kier alpha value is -2.34. The molecule has 0 radical (unpaired) electrons. The third-order valence-corrected chi connectivity index (χ3v) is 5.07. The van der Waals surface area contributed by atoms with E-state index in [0.717, 1.165) is 25.0 Å². The number of para-hydroxylation sites is 1. The van der Waals surface area contributed by atoms with E-state index in [0.29, 0.717) is 29.5 Å². The molecule has 0 spiro atoms. The number of nitrogens with one attached hydrogen (secondary N) is 1. The molecule has 0 fully saturated rings. The first-order valence-corrected chi connectivity index (χ1v) is 11.0. The van der Waals surface area contributed by atoms with Crippen molar-refractivity contribution in [2.75, 3.05) is 18.4 Å². The number of unbranched alkanes of at least 4 members (excludes halogenated alkanes) is 1. The molecule has 2 rings (SSSR count). The second-order valence-electron chi connectivity index (χ2n) is 8.50. The summed E-state index contributed by atoms with van der Waals surface area (Å²) in [5.74, 6) is 0.307. The van der Waals surface area contributed by atoms with Crippen LogP contribution in [0.15, 0.2) is 30.3 Å². The number of halogens is 1. The topological polar surface area (TPSA) is 67.2 Å². The predicted octanol–water partition coefficient (Wildman–Crippen LogP) is 5.19. The molecule has 0 saturated heterocycles. The summed E-state index contributed by atoms with van der Waals surface area (Å²) in [5, 5.41) is 8.17. The Bertz CT molecular complexity index is 870. The quantitative estimate of drug-likeness (QED) is 0.592. The van der Waals surface area contributed by atoms with Gasteiger partial charge in [-0.25, -0.2) is 4.68 Å². The molecule has 1 N–H and O–H groups in total. The van der Waals surface area contributed by atoms with Crippen LogP contribution in [0.1, 0.15) is 66.0 Å². The number of benzene rings is 1. The third-order valence-electron chi connectivity index (χ3n) is 4.75. The maximum atomic E-state index is 12.8. The molecule has 0 unspecified atom stereocenters. The molecule has 1 aromatic carbocycles. The Morgan fingerprint density at radius 2 is 1.87 bits per heavy atom. The van der Waals surface area contributed by atoms with Crippen molar-refractivity contribution in [3.05, 3.63) is 41.0 Å². The molecule has 0 bridgehead atoms. The lowest BCUT2D eigenvalue weighted by Crippen LogP contribution is -2.38. The molecule has 1 heterocycles. The highest BCUT2D eigenvalue weighted by molar-refractivity contribution is 6.32. The smallest absolute Gasteiger partial charge is 0.245 e. The first-order valence-electron chi connectivity index (χ1n) is 10.6. The van der Waals surface area contributed by atoms with Crippen molar-refractivity contribution < 1.29 is 9.59 Å². The summed E-state index contributed by atoms with van der Waals surface area (Å²) in [6.45, 7) is 10.8. The van der Waals surface area contributed by atoms with E-state index in [2.05, 4.69) is 26.1 Å². The molecule has 2 amide bonds. The van der Waals surface area contributed by atoms with Crippen LogP contribution in [-0.4, -0.2) is 39.6 Å². The lowest BCUT2D eigenvalue weighted by atomic mass is 9.92. The summed E-state index contributed by atoms with van der Waals surface area (Å²) in [7, 11) is 0. The summed E-state index contributed by atoms with van der Waals surface area (Å²) in [6.07, 6.45) is 3.05. The molecular formula is C23H33ClN4O2. The molecule has 30 heavy (non-hydrogen) atoms. The van der Waals surface area contributed by atoms with E-state index in [1.807, 2.05) is 38.1 Å². The van der Waals surface area contributed by atoms with Crippen molar-refractivity contribution in [3.63, 3.8) is 0 Å². The fraction of sp³-hybridized carbons (Fsp3) is 0.522. The van der Waals surface area contributed by atoms with Gasteiger partial charge in [0.05, 0.1) is 22.9 Å². The van der Waals surface area contributed by atoms with Crippen LogP contribution in [-0.2, 0) is 15.0 Å². The van der Waals surface area contributed by atoms with Crippen molar-refractivity contribution in [2.45, 2.75) is 65.7 Å². The van der Waals surface area contributed by atoms with Gasteiger partial charge in [0.1, 0.15) is 5.82 Å². The third kappa shape index (κ3) is 6.33. The van der Waals surface area contributed by atoms with Gasteiger partial charge in [-0.15, -0.1) is 0 Å². The van der Waals surface area contributed by atoms with Crippen molar-refractivity contribution in [1.29, 1.82) is 0 Å². The van der Waals surface area contributed by atoms with E-state index in [1.54, 1.807) is 15.6 Å². The fourth-order valence-electron chi connectivity index (χ4n) is 3.05. The van der Waals surface area contributed by atoms with Crippen molar-refractivity contribution in [3.8, 4) is 5.69 Å². The SMILES string of the molecule is CCCCC(=O)N(CCC)CC(=O)Nc1cc(C(C)(C)C)nn1-c1ccccc1Cl. The number of carbonyl (C=O) groups excluding carboxylic acids is 2. The summed E-state index contributed by atoms with van der Waals surface area (Å²) in [5.41, 5.74) is 1.33. The van der Waals surface area contributed by atoms with E-state index < -0.39 is 0 Å². The van der Waals surface area contributed by atoms with E-state index in [-0.39, 0.29) is 23.8 Å². The Morgan fingerprint density at radius 3 is 2.47 bits per heavy atom. The zero-order valence-electron chi connectivity index (χ0n) is 18.7. The van der Waals surface area contributed by atoms with Gasteiger partial charge < -0.3 is 10.2 Å². The monoisotopic (exact) mass is 432 g/mol. The fourth-order valence-corrected chi connectivity index (χ4v) is 3.26. The predicted molar refractivity (Wildman–Crippen MR) is 122 cm³/mol. The molecule has 0 aliphatic heterocycles. The standard InChI is InChI=1S/C23H33ClN4O2/c1-6-8-13-22(30)27(14-7-2)16-21(29)25-20-15-19(23(3,4)5)26-28(20)18-12-10-9-11-17(18)24/h9-12,15H,6-8,13-14,16H2,1-5H3,(H,25,29). The van der Waals surface area contributed by atoms with Crippen molar-refractivity contribution in [2.24, 2.45) is 0 Å². The molecule has 0 aliphatic rings. The number of hydrogen-bond donors (Lipinski definition) is 1. The Labute approximate surface area is 184 Å². The second-order valence-corrected chi connectivity index (χ2v) is 8.90. The Kier molecular flexibility index (Phi) is 8.47. The van der Waals surface area contributed by atoms with Gasteiger partial charge in [-0.2, -0.15) is 5.10 Å². The minimum absolute atomic E-state index is 0.0174. The van der Waals surface area contributed by atoms with Crippen molar-refractivity contribution in [1.82, 2.24) is 14.7 Å². The number of rotatable bonds is 9. The van der Waals surface area contributed by atoms with Gasteiger partial charge in [0.15, 0.2) is 0 Å². The van der Waals surface area contributed by atoms with Gasteiger partial charge in [0.2, 0.25) is 11.8 Å². The van der Waals surface area contributed by atoms with Crippen LogP contribution in [0.5, 0.6) is 0 Å². The first kappa shape index (κ1) is 23.9. The summed E-state index contributed by atoms with van der Waals surface area (Å²) in [6, 6.07) is 9.24. The first-order chi connectivity index (χ1) is 14.2. The summed E-state index contributed by atoms with van der Waals surface area (Å²) in [4.78, 5) is 26.9. The molecule has 0 atom stereocenters. The molecule has 1 aromatic heterocycles. The minimum Gasteiger partial charge on any atom is -0.333 e. The van der Waals surface area contributed by atoms with Crippen LogP contribution in [0.25, 0.3) is 5.69 Å². The van der Waals surface area contributed by atoms with E-state index in [9.17, 15) is 9.59 Å². The molecular weight excluding hydrogens is 400 g/mol. The zero-order valence-corrected chi connectivity index (χ0v) is 19.4. The minimum atomic E-state index is -0.248. The maximum Gasteiger partial charge on any atom is 0.245 e. The highest BCUT2D eigenvalue weighted by Gasteiger charge is 2.23. The highest BCUT2D eigenvalue weighted by Crippen LogP contribution is 2.29. The summed E-state index contributed by atoms with van der Waals surface area (Å²) >= 11 is 6.38. The molecule has 6 nitrogen and oxygen atoms in total. The van der Waals surface area contributed by atoms with Gasteiger partial charge in [-0.05, 0) is 25.0 Å². The number of hydrogen-bond acceptors (Lipinski definition) is 3. The Morgan fingerprint density at radius 1 is 1.17 bits per heavy atom. The van der Waals surface area contributed by atoms with Crippen LogP contribution in [0.2, 0.25) is 5.02 Å². The van der Waals surface area contributed by atoms with Crippen LogP contribution in [0.3, 0.4) is 0 Å². The van der Waals surface area contributed by atoms with Crippen LogP contribution in [0.4, 0.5) is 5.82 Å². The van der Waals surface area contributed by atoms with Crippen LogP contribution in [0, 0.1) is 0 Å². The lowest BCUT2D eigenvalue weighted by molar-refractivity contribution is -0.134. The average Bonchev–Trinajstić information content (AvgIpc) is 3.10. The van der Waals surface area contributed by atoms with E-state index >= 15 is 0 Å². The molecule has 0 saturated carbocycles. The van der Waals surface area contributed by atoms with Crippen LogP contribution >= 0.6 is 11.6 Å². The van der Waals surface area contributed by atoms with Gasteiger partial charge in [0.25, 0.3) is 0 Å². The van der Waals surface area contributed by atoms with E-state index in [4.69, 9.17) is 16.7 Å². The molecule has 164 valence electrons. The zero-order chi connectivity index (χ0) is 22.3.